The van der Waals surface area contributed by atoms with Crippen molar-refractivity contribution in [3.8, 4) is 0 Å². The molecule has 0 spiro atoms. The average molecular weight is 244 g/mol. The molecule has 1 fully saturated rings. The van der Waals surface area contributed by atoms with Gasteiger partial charge in [0.1, 0.15) is 0 Å². The van der Waals surface area contributed by atoms with Crippen molar-refractivity contribution in [1.29, 1.82) is 0 Å². The van der Waals surface area contributed by atoms with Crippen LogP contribution in [0.25, 0.3) is 0 Å². The number of fused-ring (bicyclic) bond motifs is 1. The molecular weight excluding hydrogens is 224 g/mol. The highest BCUT2D eigenvalue weighted by atomic mass is 16.2. The number of urea groups is 1. The number of carbonyl (C=O) groups is 1. The molecule has 3 heteroatoms. The summed E-state index contributed by atoms with van der Waals surface area (Å²) in [6.45, 7) is 0.759. The van der Waals surface area contributed by atoms with Crippen molar-refractivity contribution in [3.05, 3.63) is 35.4 Å². The molecular formula is C15H20N2O. The van der Waals surface area contributed by atoms with Gasteiger partial charge >= 0.3 is 6.03 Å². The lowest BCUT2D eigenvalue weighted by Gasteiger charge is -2.30. The zero-order valence-corrected chi connectivity index (χ0v) is 10.6. The fourth-order valence-electron chi connectivity index (χ4n) is 3.07. The Morgan fingerprint density at radius 2 is 2.00 bits per heavy atom. The van der Waals surface area contributed by atoms with Crippen LogP contribution < -0.4 is 10.6 Å². The minimum absolute atomic E-state index is 0.00582. The van der Waals surface area contributed by atoms with Crippen molar-refractivity contribution in [1.82, 2.24) is 10.6 Å². The van der Waals surface area contributed by atoms with E-state index in [-0.39, 0.29) is 6.03 Å². The lowest BCUT2D eigenvalue weighted by atomic mass is 9.78. The molecule has 1 saturated carbocycles. The Labute approximate surface area is 108 Å². The van der Waals surface area contributed by atoms with Crippen molar-refractivity contribution < 1.29 is 4.79 Å². The maximum Gasteiger partial charge on any atom is 0.315 e. The Morgan fingerprint density at radius 3 is 2.78 bits per heavy atom. The van der Waals surface area contributed by atoms with Gasteiger partial charge in [-0.15, -0.1) is 0 Å². The largest absolute Gasteiger partial charge is 0.338 e. The first kappa shape index (κ1) is 11.6. The number of rotatable bonds is 3. The number of hydrogen-bond acceptors (Lipinski definition) is 1. The van der Waals surface area contributed by atoms with Crippen molar-refractivity contribution in [2.45, 2.75) is 44.1 Å². The van der Waals surface area contributed by atoms with E-state index in [9.17, 15) is 4.79 Å². The summed E-state index contributed by atoms with van der Waals surface area (Å²) in [7, 11) is 0. The van der Waals surface area contributed by atoms with E-state index in [0.29, 0.717) is 12.0 Å². The molecule has 0 heterocycles. The van der Waals surface area contributed by atoms with Crippen LogP contribution in [0.15, 0.2) is 24.3 Å². The first-order valence-corrected chi connectivity index (χ1v) is 6.95. The second kappa shape index (κ2) is 5.01. The third kappa shape index (κ3) is 2.35. The van der Waals surface area contributed by atoms with E-state index in [0.717, 1.165) is 25.8 Å². The van der Waals surface area contributed by atoms with Gasteiger partial charge in [0.05, 0.1) is 0 Å². The van der Waals surface area contributed by atoms with Gasteiger partial charge in [0.25, 0.3) is 0 Å². The molecule has 1 atom stereocenters. The van der Waals surface area contributed by atoms with Gasteiger partial charge in [-0.2, -0.15) is 0 Å². The van der Waals surface area contributed by atoms with Crippen LogP contribution in [-0.2, 0) is 6.42 Å². The summed E-state index contributed by atoms with van der Waals surface area (Å²) >= 11 is 0. The van der Waals surface area contributed by atoms with Gasteiger partial charge in [-0.3, -0.25) is 0 Å². The molecule has 0 bridgehead atoms. The van der Waals surface area contributed by atoms with E-state index in [1.165, 1.54) is 24.0 Å². The van der Waals surface area contributed by atoms with E-state index in [1.54, 1.807) is 0 Å². The number of amides is 2. The Balaban J connectivity index is 1.44. The van der Waals surface area contributed by atoms with Crippen LogP contribution >= 0.6 is 0 Å². The average Bonchev–Trinajstić information content (AvgIpc) is 2.83. The molecule has 2 aliphatic carbocycles. The fourth-order valence-corrected chi connectivity index (χ4v) is 3.07. The topological polar surface area (TPSA) is 41.1 Å². The maximum absolute atomic E-state index is 11.7. The first-order valence-electron chi connectivity index (χ1n) is 6.95. The predicted molar refractivity (Wildman–Crippen MR) is 71.7 cm³/mol. The van der Waals surface area contributed by atoms with Crippen LogP contribution in [0, 0.1) is 0 Å². The fraction of sp³-hybridized carbons (Fsp3) is 0.533. The Morgan fingerprint density at radius 1 is 1.22 bits per heavy atom. The molecule has 3 nitrogen and oxygen atoms in total. The van der Waals surface area contributed by atoms with Gasteiger partial charge in [0, 0.05) is 18.5 Å². The lowest BCUT2D eigenvalue weighted by Crippen LogP contribution is -2.43. The summed E-state index contributed by atoms with van der Waals surface area (Å²) in [6.07, 6.45) is 5.88. The smallest absolute Gasteiger partial charge is 0.315 e. The zero-order chi connectivity index (χ0) is 12.4. The summed E-state index contributed by atoms with van der Waals surface area (Å²) < 4.78 is 0. The molecule has 0 radical (unpaired) electrons. The molecule has 2 N–H and O–H groups in total. The third-order valence-electron chi connectivity index (χ3n) is 4.16. The second-order valence-corrected chi connectivity index (χ2v) is 5.44. The third-order valence-corrected chi connectivity index (χ3v) is 4.16. The molecule has 0 saturated heterocycles. The normalized spacial score (nSPS) is 22.1. The Bertz CT molecular complexity index is 438. The van der Waals surface area contributed by atoms with Gasteiger partial charge in [0.2, 0.25) is 0 Å². The van der Waals surface area contributed by atoms with Crippen molar-refractivity contribution >= 4 is 6.03 Å². The van der Waals surface area contributed by atoms with E-state index < -0.39 is 0 Å². The molecule has 96 valence electrons. The van der Waals surface area contributed by atoms with Gasteiger partial charge in [-0.05, 0) is 30.4 Å². The number of benzene rings is 1. The highest BCUT2D eigenvalue weighted by Gasteiger charge is 2.25. The summed E-state index contributed by atoms with van der Waals surface area (Å²) in [5.74, 6) is 0.510. The van der Waals surface area contributed by atoms with E-state index in [4.69, 9.17) is 0 Å². The Hall–Kier alpha value is -1.51. The molecule has 1 unspecified atom stereocenters. The minimum atomic E-state index is 0.00582. The molecule has 0 aromatic heterocycles. The molecule has 2 aliphatic rings. The molecule has 3 rings (SSSR count). The van der Waals surface area contributed by atoms with E-state index in [1.807, 2.05) is 0 Å². The van der Waals surface area contributed by atoms with Crippen LogP contribution in [0.3, 0.4) is 0 Å². The van der Waals surface area contributed by atoms with Crippen molar-refractivity contribution in [2.24, 2.45) is 0 Å². The quantitative estimate of drug-likeness (QED) is 0.843. The van der Waals surface area contributed by atoms with E-state index in [2.05, 4.69) is 34.9 Å². The number of hydrogen-bond donors (Lipinski definition) is 2. The summed E-state index contributed by atoms with van der Waals surface area (Å²) in [6, 6.07) is 8.90. The second-order valence-electron chi connectivity index (χ2n) is 5.44. The first-order chi connectivity index (χ1) is 8.83. The number of nitrogens with one attached hydrogen (secondary N) is 2. The van der Waals surface area contributed by atoms with Gasteiger partial charge in [-0.25, -0.2) is 4.79 Å². The highest BCUT2D eigenvalue weighted by Crippen LogP contribution is 2.33. The summed E-state index contributed by atoms with van der Waals surface area (Å²) in [5.41, 5.74) is 2.83. The minimum Gasteiger partial charge on any atom is -0.338 e. The van der Waals surface area contributed by atoms with Gasteiger partial charge < -0.3 is 10.6 Å². The van der Waals surface area contributed by atoms with Crippen LogP contribution in [-0.4, -0.2) is 18.6 Å². The van der Waals surface area contributed by atoms with Crippen LogP contribution in [0.4, 0.5) is 4.79 Å². The molecule has 0 aliphatic heterocycles. The maximum atomic E-state index is 11.7. The standard InChI is InChI=1S/C15H20N2O/c18-15(17-13-6-2-3-7-13)16-10-12-9-11-5-1-4-8-14(11)12/h1,4-5,8,12-13H,2-3,6-7,9-10H2,(H2,16,17,18). The summed E-state index contributed by atoms with van der Waals surface area (Å²) in [5, 5.41) is 6.06. The predicted octanol–water partition coefficient (Wildman–Crippen LogP) is 2.57. The molecule has 18 heavy (non-hydrogen) atoms. The molecule has 1 aromatic carbocycles. The van der Waals surface area contributed by atoms with Crippen molar-refractivity contribution in [2.75, 3.05) is 6.54 Å². The number of carbonyl (C=O) groups excluding carboxylic acids is 1. The lowest BCUT2D eigenvalue weighted by molar-refractivity contribution is 0.236. The Kier molecular flexibility index (Phi) is 3.22. The van der Waals surface area contributed by atoms with Crippen LogP contribution in [0.1, 0.15) is 42.7 Å². The SMILES string of the molecule is O=C(NCC1Cc2ccccc21)NC1CCCC1. The van der Waals surface area contributed by atoms with E-state index >= 15 is 0 Å². The molecule has 1 aromatic rings. The monoisotopic (exact) mass is 244 g/mol. The van der Waals surface area contributed by atoms with Gasteiger partial charge in [0.15, 0.2) is 0 Å². The highest BCUT2D eigenvalue weighted by molar-refractivity contribution is 5.74. The molecule has 2 amide bonds. The van der Waals surface area contributed by atoms with Crippen LogP contribution in [0.2, 0.25) is 0 Å². The summed E-state index contributed by atoms with van der Waals surface area (Å²) in [4.78, 5) is 11.7. The van der Waals surface area contributed by atoms with Gasteiger partial charge in [-0.1, -0.05) is 37.1 Å². The van der Waals surface area contributed by atoms with Crippen LogP contribution in [0.5, 0.6) is 0 Å². The van der Waals surface area contributed by atoms with Crippen molar-refractivity contribution in [3.63, 3.8) is 0 Å². The zero-order valence-electron chi connectivity index (χ0n) is 10.6.